The topological polar surface area (TPSA) is 21.3 Å². The van der Waals surface area contributed by atoms with E-state index in [2.05, 4.69) is 17.0 Å². The Bertz CT molecular complexity index is 379. The second-order valence-electron chi connectivity index (χ2n) is 4.59. The molecule has 1 atom stereocenters. The molecule has 0 aliphatic rings. The molecule has 0 aliphatic heterocycles. The summed E-state index contributed by atoms with van der Waals surface area (Å²) in [5.41, 5.74) is 0.379. The minimum atomic E-state index is -4.66. The fourth-order valence-corrected chi connectivity index (χ4v) is 1.84. The Morgan fingerprint density at radius 1 is 1.21 bits per heavy atom. The highest BCUT2D eigenvalue weighted by molar-refractivity contribution is 5.56. The van der Waals surface area contributed by atoms with Crippen LogP contribution in [0.4, 0.5) is 18.9 Å². The summed E-state index contributed by atoms with van der Waals surface area (Å²) < 4.78 is 40.8. The Labute approximate surface area is 112 Å². The number of halogens is 3. The Morgan fingerprint density at radius 2 is 1.89 bits per heavy atom. The lowest BCUT2D eigenvalue weighted by Gasteiger charge is -2.18. The van der Waals surface area contributed by atoms with Crippen LogP contribution in [0.3, 0.4) is 0 Å². The molecule has 1 rings (SSSR count). The first kappa shape index (κ1) is 15.7. The van der Waals surface area contributed by atoms with Gasteiger partial charge in [0.15, 0.2) is 5.75 Å². The van der Waals surface area contributed by atoms with Crippen LogP contribution < -0.4 is 10.1 Å². The number of nitrogens with one attached hydrogen (secondary N) is 1. The molecule has 0 amide bonds. The molecule has 0 heterocycles. The van der Waals surface area contributed by atoms with Crippen molar-refractivity contribution in [3.8, 4) is 5.75 Å². The normalized spacial score (nSPS) is 13.1. The molecule has 0 radical (unpaired) electrons. The lowest BCUT2D eigenvalue weighted by molar-refractivity contribution is -0.274. The van der Waals surface area contributed by atoms with Crippen molar-refractivity contribution in [1.82, 2.24) is 0 Å². The van der Waals surface area contributed by atoms with Crippen LogP contribution in [0.1, 0.15) is 39.5 Å². The number of rotatable bonds is 7. The number of hydrogen-bond acceptors (Lipinski definition) is 2. The van der Waals surface area contributed by atoms with E-state index < -0.39 is 6.36 Å². The minimum absolute atomic E-state index is 0.115. The zero-order valence-corrected chi connectivity index (χ0v) is 11.3. The number of hydrogen-bond donors (Lipinski definition) is 1. The fraction of sp³-hybridized carbons (Fsp3) is 0.571. The van der Waals surface area contributed by atoms with Gasteiger partial charge in [0.25, 0.3) is 0 Å². The van der Waals surface area contributed by atoms with Gasteiger partial charge in [0, 0.05) is 6.04 Å². The molecule has 2 nitrogen and oxygen atoms in total. The molecular weight excluding hydrogens is 255 g/mol. The first-order valence-corrected chi connectivity index (χ1v) is 6.53. The van der Waals surface area contributed by atoms with Gasteiger partial charge in [0.05, 0.1) is 5.69 Å². The van der Waals surface area contributed by atoms with Crippen molar-refractivity contribution in [1.29, 1.82) is 0 Å². The molecule has 0 spiro atoms. The lowest BCUT2D eigenvalue weighted by Crippen LogP contribution is -2.20. The molecule has 5 heteroatoms. The number of anilines is 1. The van der Waals surface area contributed by atoms with Crippen LogP contribution in [0, 0.1) is 0 Å². The molecule has 1 N–H and O–H groups in total. The number of unbranched alkanes of at least 4 members (excludes halogenated alkanes) is 2. The van der Waals surface area contributed by atoms with Gasteiger partial charge in [-0.2, -0.15) is 0 Å². The summed E-state index contributed by atoms with van der Waals surface area (Å²) in [6.45, 7) is 4.07. The second-order valence-corrected chi connectivity index (χ2v) is 4.59. The molecule has 0 bridgehead atoms. The summed E-state index contributed by atoms with van der Waals surface area (Å²) in [6.07, 6.45) is -0.419. The summed E-state index contributed by atoms with van der Waals surface area (Å²) in [6, 6.07) is 6.23. The van der Waals surface area contributed by atoms with E-state index in [1.807, 2.05) is 6.92 Å². The van der Waals surface area contributed by atoms with Crippen molar-refractivity contribution in [2.45, 2.75) is 51.9 Å². The highest BCUT2D eigenvalue weighted by Crippen LogP contribution is 2.30. The SMILES string of the molecule is CCCCCC(C)Nc1ccccc1OC(F)(F)F. The lowest BCUT2D eigenvalue weighted by atomic mass is 10.1. The van der Waals surface area contributed by atoms with Gasteiger partial charge in [-0.3, -0.25) is 0 Å². The Balaban J connectivity index is 2.62. The number of ether oxygens (including phenoxy) is 1. The van der Waals surface area contributed by atoms with Crippen molar-refractivity contribution in [2.75, 3.05) is 5.32 Å². The average Bonchev–Trinajstić information content (AvgIpc) is 2.30. The van der Waals surface area contributed by atoms with Crippen molar-refractivity contribution in [3.63, 3.8) is 0 Å². The standard InChI is InChI=1S/C14H20F3NO/c1-3-4-5-8-11(2)18-12-9-6-7-10-13(12)19-14(15,16)17/h6-7,9-11,18H,3-5,8H2,1-2H3. The summed E-state index contributed by atoms with van der Waals surface area (Å²) >= 11 is 0. The largest absolute Gasteiger partial charge is 0.573 e. The van der Waals surface area contributed by atoms with Crippen LogP contribution in [0.15, 0.2) is 24.3 Å². The molecule has 0 saturated carbocycles. The third kappa shape index (κ3) is 6.36. The van der Waals surface area contributed by atoms with E-state index in [4.69, 9.17) is 0 Å². The van der Waals surface area contributed by atoms with Crippen molar-refractivity contribution in [3.05, 3.63) is 24.3 Å². The minimum Gasteiger partial charge on any atom is -0.404 e. The smallest absolute Gasteiger partial charge is 0.404 e. The zero-order chi connectivity index (χ0) is 14.3. The average molecular weight is 275 g/mol. The van der Waals surface area contributed by atoms with Crippen LogP contribution in [0.5, 0.6) is 5.75 Å². The van der Waals surface area contributed by atoms with Crippen LogP contribution in [-0.4, -0.2) is 12.4 Å². The van der Waals surface area contributed by atoms with Crippen LogP contribution in [0.2, 0.25) is 0 Å². The maximum Gasteiger partial charge on any atom is 0.573 e. The van der Waals surface area contributed by atoms with Crippen molar-refractivity contribution >= 4 is 5.69 Å². The molecule has 0 aromatic heterocycles. The summed E-state index contributed by atoms with van der Waals surface area (Å²) in [7, 11) is 0. The first-order chi connectivity index (χ1) is 8.92. The van der Waals surface area contributed by atoms with Gasteiger partial charge in [0.2, 0.25) is 0 Å². The Morgan fingerprint density at radius 3 is 2.53 bits per heavy atom. The van der Waals surface area contributed by atoms with E-state index in [9.17, 15) is 13.2 Å². The van der Waals surface area contributed by atoms with Gasteiger partial charge < -0.3 is 10.1 Å². The molecule has 1 aromatic rings. The van der Waals surface area contributed by atoms with Gasteiger partial charge in [-0.05, 0) is 25.5 Å². The quantitative estimate of drug-likeness (QED) is 0.710. The first-order valence-electron chi connectivity index (χ1n) is 6.53. The number of para-hydroxylation sites is 2. The maximum absolute atomic E-state index is 12.3. The van der Waals surface area contributed by atoms with Crippen LogP contribution in [0.25, 0.3) is 0 Å². The monoisotopic (exact) mass is 275 g/mol. The number of alkyl halides is 3. The van der Waals surface area contributed by atoms with Gasteiger partial charge in [0.1, 0.15) is 0 Å². The summed E-state index contributed by atoms with van der Waals surface area (Å²) in [4.78, 5) is 0. The maximum atomic E-state index is 12.3. The van der Waals surface area contributed by atoms with Gasteiger partial charge >= 0.3 is 6.36 Å². The highest BCUT2D eigenvalue weighted by atomic mass is 19.4. The molecule has 0 saturated heterocycles. The van der Waals surface area contributed by atoms with E-state index >= 15 is 0 Å². The predicted octanol–water partition coefficient (Wildman–Crippen LogP) is 4.97. The van der Waals surface area contributed by atoms with Crippen LogP contribution >= 0.6 is 0 Å². The van der Waals surface area contributed by atoms with E-state index in [0.717, 1.165) is 25.7 Å². The van der Waals surface area contributed by atoms with Crippen molar-refractivity contribution < 1.29 is 17.9 Å². The third-order valence-corrected chi connectivity index (χ3v) is 2.76. The predicted molar refractivity (Wildman–Crippen MR) is 70.4 cm³/mol. The van der Waals surface area contributed by atoms with E-state index in [-0.39, 0.29) is 11.8 Å². The Kier molecular flexibility index (Phi) is 5.99. The summed E-state index contributed by atoms with van der Waals surface area (Å²) in [5, 5.41) is 3.07. The molecule has 1 aromatic carbocycles. The van der Waals surface area contributed by atoms with E-state index in [0.29, 0.717) is 5.69 Å². The van der Waals surface area contributed by atoms with E-state index in [1.165, 1.54) is 12.1 Å². The molecule has 19 heavy (non-hydrogen) atoms. The highest BCUT2D eigenvalue weighted by Gasteiger charge is 2.32. The zero-order valence-electron chi connectivity index (χ0n) is 11.3. The Hall–Kier alpha value is -1.39. The molecular formula is C14H20F3NO. The molecule has 0 aliphatic carbocycles. The van der Waals surface area contributed by atoms with Gasteiger partial charge in [-0.25, -0.2) is 0 Å². The third-order valence-electron chi connectivity index (χ3n) is 2.76. The van der Waals surface area contributed by atoms with Crippen LogP contribution in [-0.2, 0) is 0 Å². The van der Waals surface area contributed by atoms with Gasteiger partial charge in [-0.1, -0.05) is 38.3 Å². The summed E-state index contributed by atoms with van der Waals surface area (Å²) in [5.74, 6) is -0.183. The molecule has 108 valence electrons. The number of benzene rings is 1. The molecule has 1 unspecified atom stereocenters. The fourth-order valence-electron chi connectivity index (χ4n) is 1.84. The second kappa shape index (κ2) is 7.26. The van der Waals surface area contributed by atoms with Crippen molar-refractivity contribution in [2.24, 2.45) is 0 Å². The van der Waals surface area contributed by atoms with E-state index in [1.54, 1.807) is 12.1 Å². The molecule has 0 fully saturated rings. The van der Waals surface area contributed by atoms with Gasteiger partial charge in [-0.15, -0.1) is 13.2 Å².